The van der Waals surface area contributed by atoms with Gasteiger partial charge in [0.05, 0.1) is 26.7 Å². The molecule has 2 fully saturated rings. The Bertz CT molecular complexity index is 158. The lowest BCUT2D eigenvalue weighted by Gasteiger charge is -2.30. The largest absolute Gasteiger partial charge is 0.337 e. The van der Waals surface area contributed by atoms with E-state index in [0.717, 1.165) is 5.92 Å². The quantitative estimate of drug-likeness (QED) is 0.410. The van der Waals surface area contributed by atoms with Crippen molar-refractivity contribution in [3.05, 3.63) is 0 Å². The Kier molecular flexibility index (Phi) is 3.79. The van der Waals surface area contributed by atoms with Gasteiger partial charge in [0.15, 0.2) is 0 Å². The van der Waals surface area contributed by atoms with Gasteiger partial charge in [0.2, 0.25) is 0 Å². The van der Waals surface area contributed by atoms with Crippen LogP contribution in [0.2, 0.25) is 0 Å². The minimum Gasteiger partial charge on any atom is -0.337 e. The molecule has 0 atom stereocenters. The first kappa shape index (κ1) is 10.4. The molecule has 3 heteroatoms. The van der Waals surface area contributed by atoms with E-state index >= 15 is 0 Å². The Morgan fingerprint density at radius 2 is 1.71 bits per heavy atom. The number of quaternary nitrogens is 3. The van der Waals surface area contributed by atoms with E-state index in [2.05, 4.69) is 12.4 Å². The molecule has 2 aliphatic rings. The van der Waals surface area contributed by atoms with E-state index in [1.165, 1.54) is 58.7 Å². The maximum Gasteiger partial charge on any atom is 0.127 e. The standard InChI is InChI=1S/C11H23N3/c1-13-6-2-11(3-7-13)10-14-8-4-12-5-9-14/h11-12H,2-10H2,1H3/p+3. The Labute approximate surface area is 87.4 Å². The number of hydrogen-bond acceptors (Lipinski definition) is 0. The molecule has 0 amide bonds. The lowest BCUT2D eigenvalue weighted by Crippen LogP contribution is -3.21. The first-order valence-corrected chi connectivity index (χ1v) is 6.31. The molecule has 2 saturated heterocycles. The Hall–Kier alpha value is -0.120. The van der Waals surface area contributed by atoms with Crippen molar-refractivity contribution in [3.63, 3.8) is 0 Å². The predicted octanol–water partition coefficient (Wildman–Crippen LogP) is -3.63. The van der Waals surface area contributed by atoms with Crippen LogP contribution in [0.25, 0.3) is 0 Å². The van der Waals surface area contributed by atoms with Crippen molar-refractivity contribution >= 4 is 0 Å². The van der Waals surface area contributed by atoms with Gasteiger partial charge in [-0.05, 0) is 0 Å². The highest BCUT2D eigenvalue weighted by molar-refractivity contribution is 4.60. The normalized spacial score (nSPS) is 35.8. The molecule has 2 heterocycles. The third-order valence-electron chi connectivity index (χ3n) is 3.94. The zero-order valence-electron chi connectivity index (χ0n) is 9.52. The highest BCUT2D eigenvalue weighted by Crippen LogP contribution is 2.05. The summed E-state index contributed by atoms with van der Waals surface area (Å²) in [6, 6.07) is 0. The summed E-state index contributed by atoms with van der Waals surface area (Å²) in [5.41, 5.74) is 0. The molecule has 82 valence electrons. The van der Waals surface area contributed by atoms with Gasteiger partial charge < -0.3 is 15.1 Å². The molecule has 2 rings (SSSR count). The van der Waals surface area contributed by atoms with Gasteiger partial charge in [0.1, 0.15) is 26.2 Å². The van der Waals surface area contributed by atoms with Crippen LogP contribution < -0.4 is 15.1 Å². The lowest BCUT2D eigenvalue weighted by atomic mass is 9.96. The average molecular weight is 200 g/mol. The summed E-state index contributed by atoms with van der Waals surface area (Å²) < 4.78 is 0. The zero-order valence-corrected chi connectivity index (χ0v) is 9.52. The number of nitrogens with two attached hydrogens (primary N) is 1. The predicted molar refractivity (Wildman–Crippen MR) is 56.6 cm³/mol. The van der Waals surface area contributed by atoms with Gasteiger partial charge >= 0.3 is 0 Å². The number of hydrogen-bond donors (Lipinski definition) is 3. The zero-order chi connectivity index (χ0) is 9.80. The van der Waals surface area contributed by atoms with Crippen molar-refractivity contribution in [3.8, 4) is 0 Å². The number of nitrogens with one attached hydrogen (secondary N) is 2. The molecule has 0 unspecified atom stereocenters. The van der Waals surface area contributed by atoms with Gasteiger partial charge in [0.25, 0.3) is 0 Å². The summed E-state index contributed by atoms with van der Waals surface area (Å²) in [6.07, 6.45) is 2.94. The van der Waals surface area contributed by atoms with Crippen molar-refractivity contribution in [2.75, 3.05) is 52.9 Å². The summed E-state index contributed by atoms with van der Waals surface area (Å²) in [6.45, 7) is 9.79. The summed E-state index contributed by atoms with van der Waals surface area (Å²) in [5, 5.41) is 2.46. The van der Waals surface area contributed by atoms with Crippen molar-refractivity contribution < 1.29 is 15.1 Å². The number of rotatable bonds is 2. The van der Waals surface area contributed by atoms with E-state index in [-0.39, 0.29) is 0 Å². The van der Waals surface area contributed by atoms with Gasteiger partial charge in [-0.2, -0.15) is 0 Å². The van der Waals surface area contributed by atoms with Crippen LogP contribution in [0.3, 0.4) is 0 Å². The Balaban J connectivity index is 1.68. The van der Waals surface area contributed by atoms with E-state index < -0.39 is 0 Å². The van der Waals surface area contributed by atoms with E-state index in [0.29, 0.717) is 0 Å². The van der Waals surface area contributed by atoms with Crippen LogP contribution in [0.15, 0.2) is 0 Å². The van der Waals surface area contributed by atoms with Crippen LogP contribution in [0.5, 0.6) is 0 Å². The molecule has 0 saturated carbocycles. The fourth-order valence-electron chi connectivity index (χ4n) is 2.87. The van der Waals surface area contributed by atoms with E-state index in [1.807, 2.05) is 4.90 Å². The molecular formula is C11H26N3+3. The van der Waals surface area contributed by atoms with Gasteiger partial charge in [-0.25, -0.2) is 0 Å². The third-order valence-corrected chi connectivity index (χ3v) is 3.94. The smallest absolute Gasteiger partial charge is 0.127 e. The molecule has 0 spiro atoms. The fraction of sp³-hybridized carbons (Fsp3) is 1.00. The van der Waals surface area contributed by atoms with E-state index in [4.69, 9.17) is 0 Å². The maximum atomic E-state index is 2.46. The first-order valence-electron chi connectivity index (χ1n) is 6.31. The molecule has 2 aliphatic heterocycles. The van der Waals surface area contributed by atoms with Crippen LogP contribution in [0.4, 0.5) is 0 Å². The van der Waals surface area contributed by atoms with Crippen LogP contribution in [-0.4, -0.2) is 52.9 Å². The number of piperidine rings is 1. The fourth-order valence-corrected chi connectivity index (χ4v) is 2.87. The second kappa shape index (κ2) is 5.10. The second-order valence-electron chi connectivity index (χ2n) is 5.22. The second-order valence-corrected chi connectivity index (χ2v) is 5.22. The average Bonchev–Trinajstić information content (AvgIpc) is 2.23. The van der Waals surface area contributed by atoms with Gasteiger partial charge in [-0.15, -0.1) is 0 Å². The lowest BCUT2D eigenvalue weighted by molar-refractivity contribution is -0.951. The minimum atomic E-state index is 1.03. The summed E-state index contributed by atoms with van der Waals surface area (Å²) >= 11 is 0. The van der Waals surface area contributed by atoms with Crippen LogP contribution in [-0.2, 0) is 0 Å². The molecule has 4 N–H and O–H groups in total. The van der Waals surface area contributed by atoms with E-state index in [1.54, 1.807) is 4.90 Å². The monoisotopic (exact) mass is 200 g/mol. The van der Waals surface area contributed by atoms with Gasteiger partial charge in [-0.3, -0.25) is 0 Å². The van der Waals surface area contributed by atoms with Crippen LogP contribution >= 0.6 is 0 Å². The van der Waals surface area contributed by atoms with Crippen molar-refractivity contribution in [2.45, 2.75) is 12.8 Å². The SMILES string of the molecule is C[NH+]1CCC(C[NH+]2CC[NH2+]CC2)CC1. The highest BCUT2D eigenvalue weighted by atomic mass is 15.2. The molecule has 0 aromatic heterocycles. The maximum absolute atomic E-state index is 2.46. The van der Waals surface area contributed by atoms with Gasteiger partial charge in [-0.1, -0.05) is 0 Å². The van der Waals surface area contributed by atoms with Crippen molar-refractivity contribution in [1.82, 2.24) is 0 Å². The molecule has 0 bridgehead atoms. The molecule has 14 heavy (non-hydrogen) atoms. The van der Waals surface area contributed by atoms with Crippen molar-refractivity contribution in [2.24, 2.45) is 5.92 Å². The topological polar surface area (TPSA) is 25.5 Å². The van der Waals surface area contributed by atoms with E-state index in [9.17, 15) is 0 Å². The minimum absolute atomic E-state index is 1.03. The molecule has 0 radical (unpaired) electrons. The van der Waals surface area contributed by atoms with Crippen LogP contribution in [0, 0.1) is 5.92 Å². The summed E-state index contributed by atoms with van der Waals surface area (Å²) in [5.74, 6) is 1.03. The number of likely N-dealkylation sites (tertiary alicyclic amines) is 1. The number of piperazine rings is 1. The molecule has 0 aromatic rings. The highest BCUT2D eigenvalue weighted by Gasteiger charge is 2.25. The summed E-state index contributed by atoms with van der Waals surface area (Å²) in [4.78, 5) is 3.61. The van der Waals surface area contributed by atoms with Gasteiger partial charge in [0, 0.05) is 18.8 Å². The third kappa shape index (κ3) is 2.94. The molecular weight excluding hydrogens is 174 g/mol. The van der Waals surface area contributed by atoms with Crippen molar-refractivity contribution in [1.29, 1.82) is 0 Å². The first-order chi connectivity index (χ1) is 6.84. The molecule has 0 aliphatic carbocycles. The molecule has 3 nitrogen and oxygen atoms in total. The summed E-state index contributed by atoms with van der Waals surface area (Å²) in [7, 11) is 2.33. The Morgan fingerprint density at radius 3 is 2.36 bits per heavy atom. The van der Waals surface area contributed by atoms with Crippen LogP contribution in [0.1, 0.15) is 12.8 Å². The Morgan fingerprint density at radius 1 is 1.07 bits per heavy atom. The molecule has 0 aromatic carbocycles.